The number of fused-ring (bicyclic) bond motifs is 1. The maximum atomic E-state index is 12.4. The third kappa shape index (κ3) is 5.88. The lowest BCUT2D eigenvalue weighted by Gasteiger charge is -2.10. The van der Waals surface area contributed by atoms with Gasteiger partial charge in [-0.3, -0.25) is 0 Å². The van der Waals surface area contributed by atoms with E-state index in [9.17, 15) is 14.7 Å². The topological polar surface area (TPSA) is 86.0 Å². The third-order valence-corrected chi connectivity index (χ3v) is 4.79. The quantitative estimate of drug-likeness (QED) is 0.274. The zero-order valence-electron chi connectivity index (χ0n) is 18.4. The molecule has 0 bridgehead atoms. The first kappa shape index (κ1) is 22.9. The molecule has 0 amide bonds. The molecule has 6 heteroatoms. The SMILES string of the molecule is CC(C)=CCC/C(C)=C/COc1ccc2c(OC(=O)c3ccccc3)c(O)c(=O)oc2c1. The average molecular weight is 434 g/mol. The largest absolute Gasteiger partial charge is 0.499 e. The first-order valence-electron chi connectivity index (χ1n) is 10.3. The molecule has 0 unspecified atom stereocenters. The predicted molar refractivity (Wildman–Crippen MR) is 123 cm³/mol. The van der Waals surface area contributed by atoms with Crippen molar-refractivity contribution >= 4 is 16.9 Å². The van der Waals surface area contributed by atoms with E-state index in [0.29, 0.717) is 17.9 Å². The fourth-order valence-electron chi connectivity index (χ4n) is 3.03. The number of carbonyl (C=O) groups excluding carboxylic acids is 1. The van der Waals surface area contributed by atoms with E-state index in [-0.39, 0.29) is 16.7 Å². The van der Waals surface area contributed by atoms with Gasteiger partial charge in [-0.25, -0.2) is 9.59 Å². The van der Waals surface area contributed by atoms with Crippen molar-refractivity contribution < 1.29 is 23.8 Å². The summed E-state index contributed by atoms with van der Waals surface area (Å²) in [5.41, 5.74) is 1.95. The summed E-state index contributed by atoms with van der Waals surface area (Å²) >= 11 is 0. The minimum Gasteiger partial charge on any atom is -0.499 e. The van der Waals surface area contributed by atoms with Gasteiger partial charge < -0.3 is 19.0 Å². The number of carbonyl (C=O) groups is 1. The molecule has 0 spiro atoms. The van der Waals surface area contributed by atoms with Crippen LogP contribution in [-0.2, 0) is 0 Å². The Labute approximate surface area is 186 Å². The van der Waals surface area contributed by atoms with E-state index < -0.39 is 17.3 Å². The number of hydrogen-bond donors (Lipinski definition) is 1. The van der Waals surface area contributed by atoms with Gasteiger partial charge >= 0.3 is 11.6 Å². The standard InChI is InChI=1S/C26H26O6/c1-17(2)8-7-9-18(3)14-15-30-20-12-13-21-22(16-20)31-26(29)23(27)24(21)32-25(28)19-10-5-4-6-11-19/h4-6,8,10-14,16,27H,7,9,15H2,1-3H3/b18-14+. The van der Waals surface area contributed by atoms with E-state index >= 15 is 0 Å². The van der Waals surface area contributed by atoms with Crippen molar-refractivity contribution in [1.29, 1.82) is 0 Å². The van der Waals surface area contributed by atoms with Gasteiger partial charge in [0.1, 0.15) is 17.9 Å². The Morgan fingerprint density at radius 2 is 1.81 bits per heavy atom. The van der Waals surface area contributed by atoms with Gasteiger partial charge in [-0.05, 0) is 64.0 Å². The Morgan fingerprint density at radius 1 is 1.06 bits per heavy atom. The Hall–Kier alpha value is -3.80. The Balaban J connectivity index is 1.77. The fourth-order valence-corrected chi connectivity index (χ4v) is 3.03. The maximum Gasteiger partial charge on any atom is 0.382 e. The van der Waals surface area contributed by atoms with Gasteiger partial charge in [0.15, 0.2) is 5.75 Å². The van der Waals surface area contributed by atoms with Crippen LogP contribution in [0.4, 0.5) is 0 Å². The average Bonchev–Trinajstić information content (AvgIpc) is 2.77. The molecule has 0 fully saturated rings. The molecule has 3 rings (SSSR count). The molecule has 0 radical (unpaired) electrons. The lowest BCUT2D eigenvalue weighted by molar-refractivity contribution is 0.0731. The summed E-state index contributed by atoms with van der Waals surface area (Å²) in [5, 5.41) is 10.4. The van der Waals surface area contributed by atoms with Gasteiger partial charge in [0.2, 0.25) is 5.75 Å². The summed E-state index contributed by atoms with van der Waals surface area (Å²) in [6.07, 6.45) is 6.14. The minimum atomic E-state index is -1.000. The van der Waals surface area contributed by atoms with Crippen LogP contribution >= 0.6 is 0 Å². The van der Waals surface area contributed by atoms with Crippen LogP contribution < -0.4 is 15.1 Å². The highest BCUT2D eigenvalue weighted by Gasteiger charge is 2.19. The Bertz CT molecular complexity index is 1210. The van der Waals surface area contributed by atoms with Crippen molar-refractivity contribution in [3.05, 3.63) is 87.8 Å². The van der Waals surface area contributed by atoms with Gasteiger partial charge in [-0.15, -0.1) is 0 Å². The van der Waals surface area contributed by atoms with Gasteiger partial charge in [0.05, 0.1) is 10.9 Å². The van der Waals surface area contributed by atoms with Gasteiger partial charge in [0.25, 0.3) is 0 Å². The molecule has 3 aromatic rings. The summed E-state index contributed by atoms with van der Waals surface area (Å²) in [6.45, 7) is 6.57. The smallest absolute Gasteiger partial charge is 0.382 e. The molecule has 0 aliphatic carbocycles. The van der Waals surface area contributed by atoms with Crippen molar-refractivity contribution in [2.45, 2.75) is 33.6 Å². The van der Waals surface area contributed by atoms with Crippen molar-refractivity contribution in [3.63, 3.8) is 0 Å². The molecule has 0 atom stereocenters. The molecule has 2 aromatic carbocycles. The second kappa shape index (κ2) is 10.5. The molecular weight excluding hydrogens is 408 g/mol. The second-order valence-corrected chi connectivity index (χ2v) is 7.66. The van der Waals surface area contributed by atoms with E-state index in [1.807, 2.05) is 6.08 Å². The molecule has 32 heavy (non-hydrogen) atoms. The lowest BCUT2D eigenvalue weighted by Crippen LogP contribution is -2.11. The summed E-state index contributed by atoms with van der Waals surface area (Å²) < 4.78 is 16.2. The van der Waals surface area contributed by atoms with Crippen molar-refractivity contribution in [3.8, 4) is 17.2 Å². The highest BCUT2D eigenvalue weighted by molar-refractivity contribution is 5.95. The normalized spacial score (nSPS) is 11.3. The van der Waals surface area contributed by atoms with E-state index in [2.05, 4.69) is 26.8 Å². The summed E-state index contributed by atoms with van der Waals surface area (Å²) in [7, 11) is 0. The van der Waals surface area contributed by atoms with E-state index in [1.165, 1.54) is 17.2 Å². The van der Waals surface area contributed by atoms with Crippen LogP contribution in [0.5, 0.6) is 17.2 Å². The molecule has 1 N–H and O–H groups in total. The van der Waals surface area contributed by atoms with Crippen molar-refractivity contribution in [1.82, 2.24) is 0 Å². The van der Waals surface area contributed by atoms with Crippen LogP contribution in [0.2, 0.25) is 0 Å². The second-order valence-electron chi connectivity index (χ2n) is 7.66. The Morgan fingerprint density at radius 3 is 2.53 bits per heavy atom. The third-order valence-electron chi connectivity index (χ3n) is 4.79. The van der Waals surface area contributed by atoms with Crippen molar-refractivity contribution in [2.24, 2.45) is 0 Å². The van der Waals surface area contributed by atoms with Gasteiger partial charge in [0, 0.05) is 6.07 Å². The predicted octanol–water partition coefficient (Wildman–Crippen LogP) is 5.79. The number of esters is 1. The Kier molecular flexibility index (Phi) is 7.49. The lowest BCUT2D eigenvalue weighted by atomic mass is 10.1. The molecule has 1 aromatic heterocycles. The number of benzene rings is 2. The van der Waals surface area contributed by atoms with Gasteiger partial charge in [-0.2, -0.15) is 0 Å². The molecule has 0 saturated heterocycles. The first-order valence-corrected chi connectivity index (χ1v) is 10.3. The number of ether oxygens (including phenoxy) is 2. The molecular formula is C26H26O6. The summed E-state index contributed by atoms with van der Waals surface area (Å²) in [5.74, 6) is -1.21. The highest BCUT2D eigenvalue weighted by Crippen LogP contribution is 2.34. The highest BCUT2D eigenvalue weighted by atomic mass is 16.5. The van der Waals surface area contributed by atoms with E-state index in [1.54, 1.807) is 42.5 Å². The minimum absolute atomic E-state index is 0.144. The first-order chi connectivity index (χ1) is 15.3. The number of aromatic hydroxyl groups is 1. The van der Waals surface area contributed by atoms with Crippen LogP contribution in [-0.4, -0.2) is 17.7 Å². The fraction of sp³-hybridized carbons (Fsp3) is 0.231. The van der Waals surface area contributed by atoms with Crippen LogP contribution in [0.1, 0.15) is 44.0 Å². The summed E-state index contributed by atoms with van der Waals surface area (Å²) in [6, 6.07) is 13.1. The molecule has 0 aliphatic rings. The van der Waals surface area contributed by atoms with Crippen LogP contribution in [0.15, 0.2) is 81.0 Å². The molecule has 0 aliphatic heterocycles. The maximum absolute atomic E-state index is 12.4. The number of rotatable bonds is 8. The van der Waals surface area contributed by atoms with Crippen molar-refractivity contribution in [2.75, 3.05) is 6.61 Å². The van der Waals surface area contributed by atoms with E-state index in [0.717, 1.165) is 12.8 Å². The monoisotopic (exact) mass is 434 g/mol. The van der Waals surface area contributed by atoms with Crippen LogP contribution in [0.25, 0.3) is 11.0 Å². The molecule has 1 heterocycles. The van der Waals surface area contributed by atoms with Crippen LogP contribution in [0.3, 0.4) is 0 Å². The van der Waals surface area contributed by atoms with E-state index in [4.69, 9.17) is 13.9 Å². The van der Waals surface area contributed by atoms with Crippen LogP contribution in [0, 0.1) is 0 Å². The number of allylic oxidation sites excluding steroid dienone is 3. The zero-order valence-corrected chi connectivity index (χ0v) is 18.4. The van der Waals surface area contributed by atoms with Gasteiger partial charge in [-0.1, -0.05) is 35.4 Å². The number of hydrogen-bond acceptors (Lipinski definition) is 6. The molecule has 166 valence electrons. The molecule has 6 nitrogen and oxygen atoms in total. The summed E-state index contributed by atoms with van der Waals surface area (Å²) in [4.78, 5) is 24.5. The molecule has 0 saturated carbocycles. The zero-order chi connectivity index (χ0) is 23.1.